The summed E-state index contributed by atoms with van der Waals surface area (Å²) in [5, 5.41) is 6.88. The molecule has 0 spiro atoms. The number of hydrogen-bond acceptors (Lipinski definition) is 4. The van der Waals surface area contributed by atoms with Gasteiger partial charge in [0, 0.05) is 12.1 Å². The first kappa shape index (κ1) is 18.8. The van der Waals surface area contributed by atoms with Crippen molar-refractivity contribution in [2.24, 2.45) is 11.5 Å². The van der Waals surface area contributed by atoms with Gasteiger partial charge in [0.2, 0.25) is 0 Å². The highest BCUT2D eigenvalue weighted by Crippen LogP contribution is 2.01. The Morgan fingerprint density at radius 3 is 1.37 bits per heavy atom. The van der Waals surface area contributed by atoms with Crippen molar-refractivity contribution < 1.29 is 0 Å². The van der Waals surface area contributed by atoms with Crippen molar-refractivity contribution in [3.63, 3.8) is 0 Å². The summed E-state index contributed by atoms with van der Waals surface area (Å²) in [7, 11) is 0. The highest BCUT2D eigenvalue weighted by molar-refractivity contribution is 4.58. The molecule has 0 aromatic carbocycles. The van der Waals surface area contributed by atoms with Crippen LogP contribution in [0.2, 0.25) is 0 Å². The third-order valence-corrected chi connectivity index (χ3v) is 3.26. The molecule has 0 aliphatic heterocycles. The number of nitrogens with two attached hydrogens (primary N) is 2. The summed E-state index contributed by atoms with van der Waals surface area (Å²) in [6, 6.07) is 0.643. The molecule has 0 aliphatic rings. The lowest BCUT2D eigenvalue weighted by molar-refractivity contribution is 0.531. The van der Waals surface area contributed by atoms with E-state index in [2.05, 4.69) is 24.5 Å². The summed E-state index contributed by atoms with van der Waals surface area (Å²) in [4.78, 5) is 0. The standard InChI is InChI=1S/C15H36N4/c1-14(16)8-12-18-10-6-4-3-5-7-11-19-13-9-15(2)17/h14-15,18-19H,3-13,16-17H2,1-2H3/t14-,15+. The molecule has 0 saturated heterocycles. The van der Waals surface area contributed by atoms with Crippen molar-refractivity contribution in [2.45, 2.75) is 70.9 Å². The Bertz CT molecular complexity index is 154. The van der Waals surface area contributed by atoms with Crippen LogP contribution in [0.25, 0.3) is 0 Å². The quantitative estimate of drug-likeness (QED) is 0.362. The average molecular weight is 272 g/mol. The first-order chi connectivity index (χ1) is 9.13. The van der Waals surface area contributed by atoms with E-state index in [1.807, 2.05) is 0 Å². The first-order valence-electron chi connectivity index (χ1n) is 8.05. The molecule has 19 heavy (non-hydrogen) atoms. The van der Waals surface area contributed by atoms with Gasteiger partial charge in [-0.1, -0.05) is 19.3 Å². The van der Waals surface area contributed by atoms with Gasteiger partial charge in [-0.15, -0.1) is 0 Å². The van der Waals surface area contributed by atoms with Gasteiger partial charge in [0.1, 0.15) is 0 Å². The van der Waals surface area contributed by atoms with Crippen LogP contribution < -0.4 is 22.1 Å². The van der Waals surface area contributed by atoms with Gasteiger partial charge in [-0.25, -0.2) is 0 Å². The minimum atomic E-state index is 0.322. The second kappa shape index (κ2) is 14.3. The van der Waals surface area contributed by atoms with Crippen molar-refractivity contribution in [2.75, 3.05) is 26.2 Å². The highest BCUT2D eigenvalue weighted by Gasteiger charge is 1.95. The van der Waals surface area contributed by atoms with Crippen LogP contribution in [0.1, 0.15) is 58.8 Å². The Morgan fingerprint density at radius 1 is 0.632 bits per heavy atom. The normalized spacial score (nSPS) is 14.5. The molecule has 4 heteroatoms. The van der Waals surface area contributed by atoms with Gasteiger partial charge in [-0.05, 0) is 65.7 Å². The van der Waals surface area contributed by atoms with Crippen molar-refractivity contribution in [1.29, 1.82) is 0 Å². The van der Waals surface area contributed by atoms with Crippen LogP contribution in [-0.2, 0) is 0 Å². The minimum Gasteiger partial charge on any atom is -0.328 e. The molecule has 0 amide bonds. The molecule has 0 aromatic heterocycles. The molecule has 0 bridgehead atoms. The second-order valence-corrected chi connectivity index (χ2v) is 5.80. The van der Waals surface area contributed by atoms with Crippen LogP contribution in [0.3, 0.4) is 0 Å². The molecular weight excluding hydrogens is 236 g/mol. The number of hydrogen-bond donors (Lipinski definition) is 4. The molecule has 0 saturated carbocycles. The van der Waals surface area contributed by atoms with E-state index in [0.717, 1.165) is 39.0 Å². The van der Waals surface area contributed by atoms with E-state index in [9.17, 15) is 0 Å². The van der Waals surface area contributed by atoms with Crippen molar-refractivity contribution >= 4 is 0 Å². The zero-order chi connectivity index (χ0) is 14.3. The molecule has 0 rings (SSSR count). The molecular formula is C15H36N4. The van der Waals surface area contributed by atoms with Gasteiger partial charge in [0.25, 0.3) is 0 Å². The summed E-state index contributed by atoms with van der Waals surface area (Å²) in [5.74, 6) is 0. The smallest absolute Gasteiger partial charge is 0.00225 e. The number of rotatable bonds is 14. The molecule has 0 radical (unpaired) electrons. The van der Waals surface area contributed by atoms with E-state index >= 15 is 0 Å². The summed E-state index contributed by atoms with van der Waals surface area (Å²) >= 11 is 0. The van der Waals surface area contributed by atoms with Crippen LogP contribution in [0, 0.1) is 0 Å². The fraction of sp³-hybridized carbons (Fsp3) is 1.00. The van der Waals surface area contributed by atoms with Crippen LogP contribution in [0.15, 0.2) is 0 Å². The Kier molecular flexibility index (Phi) is 14.1. The Morgan fingerprint density at radius 2 is 1.00 bits per heavy atom. The van der Waals surface area contributed by atoms with Gasteiger partial charge in [-0.3, -0.25) is 0 Å². The Balaban J connectivity index is 2.95. The third kappa shape index (κ3) is 17.8. The monoisotopic (exact) mass is 272 g/mol. The van der Waals surface area contributed by atoms with Gasteiger partial charge in [-0.2, -0.15) is 0 Å². The SMILES string of the molecule is C[C@H](N)CCNCCCCCCCNCC[C@@H](C)N. The summed E-state index contributed by atoms with van der Waals surface area (Å²) in [6.45, 7) is 8.51. The maximum absolute atomic E-state index is 5.69. The molecule has 0 aromatic rings. The van der Waals surface area contributed by atoms with E-state index in [-0.39, 0.29) is 0 Å². The van der Waals surface area contributed by atoms with Gasteiger partial charge < -0.3 is 22.1 Å². The topological polar surface area (TPSA) is 76.1 Å². The van der Waals surface area contributed by atoms with E-state index in [1.165, 1.54) is 32.1 Å². The van der Waals surface area contributed by atoms with E-state index in [0.29, 0.717) is 12.1 Å². The molecule has 4 nitrogen and oxygen atoms in total. The molecule has 116 valence electrons. The fourth-order valence-corrected chi connectivity index (χ4v) is 1.94. The average Bonchev–Trinajstić information content (AvgIpc) is 2.34. The summed E-state index contributed by atoms with van der Waals surface area (Å²) in [5.41, 5.74) is 11.4. The largest absolute Gasteiger partial charge is 0.328 e. The Hall–Kier alpha value is -0.160. The predicted molar refractivity (Wildman–Crippen MR) is 85.4 cm³/mol. The number of unbranched alkanes of at least 4 members (excludes halogenated alkanes) is 4. The zero-order valence-corrected chi connectivity index (χ0v) is 13.1. The number of nitrogens with one attached hydrogen (secondary N) is 2. The van der Waals surface area contributed by atoms with Crippen molar-refractivity contribution in [1.82, 2.24) is 10.6 Å². The summed E-state index contributed by atoms with van der Waals surface area (Å²) < 4.78 is 0. The maximum atomic E-state index is 5.69. The van der Waals surface area contributed by atoms with Gasteiger partial charge >= 0.3 is 0 Å². The first-order valence-corrected chi connectivity index (χ1v) is 8.05. The van der Waals surface area contributed by atoms with E-state index < -0.39 is 0 Å². The maximum Gasteiger partial charge on any atom is 0.00225 e. The predicted octanol–water partition coefficient (Wildman–Crippen LogP) is 1.59. The van der Waals surface area contributed by atoms with Crippen LogP contribution in [-0.4, -0.2) is 38.3 Å². The van der Waals surface area contributed by atoms with Gasteiger partial charge in [0.15, 0.2) is 0 Å². The molecule has 0 unspecified atom stereocenters. The highest BCUT2D eigenvalue weighted by atomic mass is 14.9. The van der Waals surface area contributed by atoms with Crippen molar-refractivity contribution in [3.8, 4) is 0 Å². The van der Waals surface area contributed by atoms with E-state index in [1.54, 1.807) is 0 Å². The molecule has 2 atom stereocenters. The molecule has 6 N–H and O–H groups in total. The van der Waals surface area contributed by atoms with E-state index in [4.69, 9.17) is 11.5 Å². The van der Waals surface area contributed by atoms with Crippen LogP contribution in [0.5, 0.6) is 0 Å². The van der Waals surface area contributed by atoms with Crippen LogP contribution in [0.4, 0.5) is 0 Å². The fourth-order valence-electron chi connectivity index (χ4n) is 1.94. The lowest BCUT2D eigenvalue weighted by Crippen LogP contribution is -2.24. The van der Waals surface area contributed by atoms with Crippen molar-refractivity contribution in [3.05, 3.63) is 0 Å². The lowest BCUT2D eigenvalue weighted by atomic mass is 10.1. The van der Waals surface area contributed by atoms with Crippen LogP contribution >= 0.6 is 0 Å². The third-order valence-electron chi connectivity index (χ3n) is 3.26. The molecule has 0 aliphatic carbocycles. The lowest BCUT2D eigenvalue weighted by Gasteiger charge is -2.08. The Labute approximate surface area is 120 Å². The van der Waals surface area contributed by atoms with Gasteiger partial charge in [0.05, 0.1) is 0 Å². The zero-order valence-electron chi connectivity index (χ0n) is 13.1. The molecule has 0 fully saturated rings. The molecule has 0 heterocycles. The second-order valence-electron chi connectivity index (χ2n) is 5.80. The summed E-state index contributed by atoms with van der Waals surface area (Å²) in [6.07, 6.45) is 8.76. The minimum absolute atomic E-state index is 0.322.